The van der Waals surface area contributed by atoms with Crippen molar-refractivity contribution in [3.05, 3.63) is 12.3 Å². The van der Waals surface area contributed by atoms with Crippen molar-refractivity contribution in [3.8, 4) is 5.88 Å². The predicted octanol–water partition coefficient (Wildman–Crippen LogP) is 1.82. The Morgan fingerprint density at radius 1 is 1.25 bits per heavy atom. The number of methoxy groups -OCH3 is 1. The zero-order valence-electron chi connectivity index (χ0n) is 13.1. The molecule has 0 saturated carbocycles. The Hall–Kier alpha value is -1.27. The highest BCUT2D eigenvalue weighted by Gasteiger charge is 2.51. The minimum atomic E-state index is -0.407. The van der Waals surface area contributed by atoms with E-state index in [1.54, 1.807) is 13.3 Å². The van der Waals surface area contributed by atoms with Crippen LogP contribution in [0.1, 0.15) is 34.6 Å². The smallest absolute Gasteiger partial charge is 0.480 e. The second kappa shape index (κ2) is 5.26. The summed E-state index contributed by atoms with van der Waals surface area (Å²) in [5, 5.41) is 3.23. The molecule has 20 heavy (non-hydrogen) atoms. The Morgan fingerprint density at radius 2 is 1.85 bits per heavy atom. The van der Waals surface area contributed by atoms with Gasteiger partial charge in [-0.2, -0.15) is 0 Å². The fourth-order valence-corrected chi connectivity index (χ4v) is 2.06. The van der Waals surface area contributed by atoms with Gasteiger partial charge in [-0.1, -0.05) is 0 Å². The standard InChI is InChI=1S/C14H23BN2O3/c1-7-16-11-8-10(9-17-12(11)18-6)15-19-13(2,3)14(4,5)20-15/h8-9,16H,7H2,1-6H3. The monoisotopic (exact) mass is 278 g/mol. The molecule has 1 aromatic heterocycles. The van der Waals surface area contributed by atoms with Crippen LogP contribution >= 0.6 is 0 Å². The van der Waals surface area contributed by atoms with Gasteiger partial charge in [-0.3, -0.25) is 0 Å². The van der Waals surface area contributed by atoms with Gasteiger partial charge in [-0.15, -0.1) is 0 Å². The summed E-state index contributed by atoms with van der Waals surface area (Å²) < 4.78 is 17.3. The van der Waals surface area contributed by atoms with Crippen LogP contribution in [0.4, 0.5) is 5.69 Å². The van der Waals surface area contributed by atoms with Crippen LogP contribution in [0.5, 0.6) is 5.88 Å². The largest absolute Gasteiger partial charge is 0.496 e. The molecule has 0 spiro atoms. The van der Waals surface area contributed by atoms with Crippen molar-refractivity contribution in [1.29, 1.82) is 0 Å². The molecule has 5 nitrogen and oxygen atoms in total. The molecule has 1 N–H and O–H groups in total. The summed E-state index contributed by atoms with van der Waals surface area (Å²) in [5.74, 6) is 0.576. The molecule has 0 unspecified atom stereocenters. The van der Waals surface area contributed by atoms with Gasteiger partial charge in [0, 0.05) is 18.2 Å². The van der Waals surface area contributed by atoms with Crippen LogP contribution in [0.2, 0.25) is 0 Å². The minimum Gasteiger partial charge on any atom is -0.480 e. The third kappa shape index (κ3) is 2.62. The van der Waals surface area contributed by atoms with Crippen LogP contribution in [-0.2, 0) is 9.31 Å². The molecule has 1 aromatic rings. The number of hydrogen-bond acceptors (Lipinski definition) is 5. The predicted molar refractivity (Wildman–Crippen MR) is 80.7 cm³/mol. The van der Waals surface area contributed by atoms with E-state index in [1.165, 1.54) is 0 Å². The molecule has 1 fully saturated rings. The van der Waals surface area contributed by atoms with Crippen LogP contribution in [0.3, 0.4) is 0 Å². The zero-order valence-corrected chi connectivity index (χ0v) is 13.1. The molecule has 0 radical (unpaired) electrons. The lowest BCUT2D eigenvalue weighted by atomic mass is 9.80. The van der Waals surface area contributed by atoms with E-state index in [1.807, 2.05) is 40.7 Å². The average molecular weight is 278 g/mol. The first kappa shape index (κ1) is 15.1. The molecule has 0 aromatic carbocycles. The topological polar surface area (TPSA) is 52.6 Å². The summed E-state index contributed by atoms with van der Waals surface area (Å²) in [6, 6.07) is 1.97. The van der Waals surface area contributed by atoms with Gasteiger partial charge in [0.1, 0.15) is 0 Å². The van der Waals surface area contributed by atoms with Crippen molar-refractivity contribution in [2.45, 2.75) is 45.8 Å². The first-order chi connectivity index (χ1) is 9.30. The Balaban J connectivity index is 2.29. The number of nitrogens with zero attached hydrogens (tertiary/aromatic N) is 1. The molecular formula is C14H23BN2O3. The maximum Gasteiger partial charge on any atom is 0.496 e. The molecular weight excluding hydrogens is 255 g/mol. The van der Waals surface area contributed by atoms with E-state index in [0.717, 1.165) is 17.7 Å². The van der Waals surface area contributed by atoms with E-state index in [-0.39, 0.29) is 11.2 Å². The van der Waals surface area contributed by atoms with E-state index in [4.69, 9.17) is 14.0 Å². The number of pyridine rings is 1. The number of hydrogen-bond donors (Lipinski definition) is 1. The number of rotatable bonds is 4. The quantitative estimate of drug-likeness (QED) is 0.851. The second-order valence-electron chi connectivity index (χ2n) is 5.94. The van der Waals surface area contributed by atoms with Crippen molar-refractivity contribution in [2.75, 3.05) is 19.0 Å². The lowest BCUT2D eigenvalue weighted by Crippen LogP contribution is -2.41. The lowest BCUT2D eigenvalue weighted by molar-refractivity contribution is 0.00578. The normalized spacial score (nSPS) is 20.0. The van der Waals surface area contributed by atoms with Crippen LogP contribution in [0.25, 0.3) is 0 Å². The van der Waals surface area contributed by atoms with Gasteiger partial charge < -0.3 is 19.4 Å². The summed E-state index contributed by atoms with van der Waals surface area (Å²) >= 11 is 0. The molecule has 0 bridgehead atoms. The first-order valence-corrected chi connectivity index (χ1v) is 6.94. The molecule has 2 heterocycles. The van der Waals surface area contributed by atoms with E-state index >= 15 is 0 Å². The van der Waals surface area contributed by atoms with Crippen molar-refractivity contribution >= 4 is 18.3 Å². The summed E-state index contributed by atoms with van der Waals surface area (Å²) in [7, 11) is 1.20. The van der Waals surface area contributed by atoms with Gasteiger partial charge in [0.25, 0.3) is 0 Å². The molecule has 2 rings (SSSR count). The van der Waals surface area contributed by atoms with Crippen LogP contribution in [0, 0.1) is 0 Å². The van der Waals surface area contributed by atoms with Crippen LogP contribution < -0.4 is 15.5 Å². The van der Waals surface area contributed by atoms with Gasteiger partial charge in [0.15, 0.2) is 0 Å². The van der Waals surface area contributed by atoms with Crippen LogP contribution in [-0.4, -0.2) is 37.0 Å². The Kier molecular flexibility index (Phi) is 3.98. The van der Waals surface area contributed by atoms with Crippen molar-refractivity contribution in [1.82, 2.24) is 4.98 Å². The van der Waals surface area contributed by atoms with E-state index in [0.29, 0.717) is 5.88 Å². The number of anilines is 1. The summed E-state index contributed by atoms with van der Waals surface area (Å²) in [6.07, 6.45) is 1.74. The fourth-order valence-electron chi connectivity index (χ4n) is 2.06. The maximum atomic E-state index is 6.03. The molecule has 110 valence electrons. The lowest BCUT2D eigenvalue weighted by Gasteiger charge is -2.32. The van der Waals surface area contributed by atoms with Crippen molar-refractivity contribution < 1.29 is 14.0 Å². The highest BCUT2D eigenvalue weighted by atomic mass is 16.7. The van der Waals surface area contributed by atoms with E-state index in [2.05, 4.69) is 10.3 Å². The molecule has 0 atom stereocenters. The average Bonchev–Trinajstić information content (AvgIpc) is 2.59. The van der Waals surface area contributed by atoms with Crippen molar-refractivity contribution in [2.24, 2.45) is 0 Å². The van der Waals surface area contributed by atoms with Gasteiger partial charge in [-0.05, 0) is 40.7 Å². The number of nitrogens with one attached hydrogen (secondary N) is 1. The van der Waals surface area contributed by atoms with E-state index in [9.17, 15) is 0 Å². The summed E-state index contributed by atoms with van der Waals surface area (Å²) in [4.78, 5) is 4.31. The highest BCUT2D eigenvalue weighted by molar-refractivity contribution is 6.62. The molecule has 0 amide bonds. The van der Waals surface area contributed by atoms with Crippen molar-refractivity contribution in [3.63, 3.8) is 0 Å². The molecule has 6 heteroatoms. The number of aromatic nitrogens is 1. The third-order valence-corrected chi connectivity index (χ3v) is 3.96. The maximum absolute atomic E-state index is 6.03. The van der Waals surface area contributed by atoms with Gasteiger partial charge in [-0.25, -0.2) is 4.98 Å². The molecule has 0 aliphatic carbocycles. The highest BCUT2D eigenvalue weighted by Crippen LogP contribution is 2.36. The number of ether oxygens (including phenoxy) is 1. The van der Waals surface area contributed by atoms with Gasteiger partial charge >= 0.3 is 7.12 Å². The Labute approximate surface area is 121 Å². The second-order valence-corrected chi connectivity index (χ2v) is 5.94. The zero-order chi connectivity index (χ0) is 15.0. The Bertz CT molecular complexity index is 475. The summed E-state index contributed by atoms with van der Waals surface area (Å²) in [6.45, 7) is 11.0. The minimum absolute atomic E-state index is 0.351. The van der Waals surface area contributed by atoms with Crippen LogP contribution in [0.15, 0.2) is 12.3 Å². The SMILES string of the molecule is CCNc1cc(B2OC(C)(C)C(C)(C)O2)cnc1OC. The third-order valence-electron chi connectivity index (χ3n) is 3.96. The first-order valence-electron chi connectivity index (χ1n) is 6.94. The molecule has 1 aliphatic heterocycles. The Morgan fingerprint density at radius 3 is 2.35 bits per heavy atom. The van der Waals surface area contributed by atoms with Gasteiger partial charge in [0.05, 0.1) is 24.0 Å². The van der Waals surface area contributed by atoms with Gasteiger partial charge in [0.2, 0.25) is 5.88 Å². The fraction of sp³-hybridized carbons (Fsp3) is 0.643. The van der Waals surface area contributed by atoms with E-state index < -0.39 is 7.12 Å². The molecule has 1 saturated heterocycles. The molecule has 1 aliphatic rings. The summed E-state index contributed by atoms with van der Waals surface area (Å²) in [5.41, 5.74) is 1.04.